The van der Waals surface area contributed by atoms with E-state index in [9.17, 15) is 9.90 Å². The van der Waals surface area contributed by atoms with E-state index in [0.29, 0.717) is 11.6 Å². The fourth-order valence-electron chi connectivity index (χ4n) is 2.57. The number of pyridine rings is 1. The normalized spacial score (nSPS) is 23.7. The Kier molecular flexibility index (Phi) is 4.31. The van der Waals surface area contributed by atoms with Crippen molar-refractivity contribution in [2.24, 2.45) is 5.92 Å². The molecule has 0 aliphatic heterocycles. The average molecular weight is 248 g/mol. The van der Waals surface area contributed by atoms with Gasteiger partial charge in [-0.05, 0) is 43.7 Å². The fraction of sp³-hybridized carbons (Fsp3) is 0.571. The molecular formula is C14H20N2O2. The van der Waals surface area contributed by atoms with Gasteiger partial charge < -0.3 is 10.4 Å². The van der Waals surface area contributed by atoms with Crippen molar-refractivity contribution < 1.29 is 9.90 Å². The van der Waals surface area contributed by atoms with Crippen LogP contribution in [0.2, 0.25) is 0 Å². The molecule has 2 N–H and O–H groups in total. The van der Waals surface area contributed by atoms with Gasteiger partial charge in [0.2, 0.25) is 0 Å². The highest BCUT2D eigenvalue weighted by Gasteiger charge is 2.23. The Morgan fingerprint density at radius 2 is 2.39 bits per heavy atom. The summed E-state index contributed by atoms with van der Waals surface area (Å²) in [4.78, 5) is 16.2. The molecule has 1 aliphatic rings. The van der Waals surface area contributed by atoms with Gasteiger partial charge >= 0.3 is 0 Å². The molecule has 1 aliphatic carbocycles. The van der Waals surface area contributed by atoms with Crippen molar-refractivity contribution >= 4 is 5.91 Å². The Morgan fingerprint density at radius 1 is 1.56 bits per heavy atom. The molecule has 1 saturated carbocycles. The van der Waals surface area contributed by atoms with Gasteiger partial charge in [0, 0.05) is 18.8 Å². The third-order valence-electron chi connectivity index (χ3n) is 3.60. The first-order chi connectivity index (χ1) is 8.70. The molecule has 0 radical (unpaired) electrons. The fourth-order valence-corrected chi connectivity index (χ4v) is 2.57. The number of carbonyl (C=O) groups is 1. The van der Waals surface area contributed by atoms with Crippen LogP contribution in [-0.4, -0.2) is 28.6 Å². The second kappa shape index (κ2) is 5.96. The molecule has 98 valence electrons. The Bertz CT molecular complexity index is 420. The molecule has 0 bridgehead atoms. The molecule has 1 heterocycles. The first kappa shape index (κ1) is 13.0. The van der Waals surface area contributed by atoms with Crippen LogP contribution in [-0.2, 0) is 0 Å². The number of carbonyl (C=O) groups excluding carboxylic acids is 1. The average Bonchev–Trinajstić information content (AvgIpc) is 2.39. The largest absolute Gasteiger partial charge is 0.396 e. The molecule has 0 spiro atoms. The van der Waals surface area contributed by atoms with Crippen molar-refractivity contribution in [2.75, 3.05) is 6.61 Å². The maximum absolute atomic E-state index is 12.1. The maximum Gasteiger partial charge on any atom is 0.270 e. The SMILES string of the molecule is Cc1cccnc1C(=O)NC1CCCC(CO)C1. The lowest BCUT2D eigenvalue weighted by Gasteiger charge is -2.28. The highest BCUT2D eigenvalue weighted by atomic mass is 16.3. The highest BCUT2D eigenvalue weighted by molar-refractivity contribution is 5.93. The third-order valence-corrected chi connectivity index (χ3v) is 3.60. The second-order valence-electron chi connectivity index (χ2n) is 5.05. The second-order valence-corrected chi connectivity index (χ2v) is 5.05. The van der Waals surface area contributed by atoms with Gasteiger partial charge in [-0.1, -0.05) is 12.5 Å². The van der Waals surface area contributed by atoms with Gasteiger partial charge in [0.25, 0.3) is 5.91 Å². The van der Waals surface area contributed by atoms with E-state index in [1.54, 1.807) is 6.20 Å². The summed E-state index contributed by atoms with van der Waals surface area (Å²) in [7, 11) is 0. The van der Waals surface area contributed by atoms with Crippen molar-refractivity contribution in [1.29, 1.82) is 0 Å². The van der Waals surface area contributed by atoms with E-state index in [1.807, 2.05) is 19.1 Å². The number of nitrogens with one attached hydrogen (secondary N) is 1. The van der Waals surface area contributed by atoms with Crippen LogP contribution in [0, 0.1) is 12.8 Å². The van der Waals surface area contributed by atoms with Crippen molar-refractivity contribution in [3.8, 4) is 0 Å². The summed E-state index contributed by atoms with van der Waals surface area (Å²) in [5, 5.41) is 12.2. The number of hydrogen-bond donors (Lipinski definition) is 2. The molecule has 1 fully saturated rings. The van der Waals surface area contributed by atoms with E-state index in [0.717, 1.165) is 31.2 Å². The van der Waals surface area contributed by atoms with Gasteiger partial charge in [0.15, 0.2) is 0 Å². The summed E-state index contributed by atoms with van der Waals surface area (Å²) in [6.45, 7) is 2.11. The summed E-state index contributed by atoms with van der Waals surface area (Å²) in [6.07, 6.45) is 5.63. The van der Waals surface area contributed by atoms with Crippen molar-refractivity contribution in [3.05, 3.63) is 29.6 Å². The predicted octanol–water partition coefficient (Wildman–Crippen LogP) is 1.67. The van der Waals surface area contributed by atoms with Crippen molar-refractivity contribution in [3.63, 3.8) is 0 Å². The molecule has 1 aromatic heterocycles. The number of amides is 1. The molecule has 2 unspecified atom stereocenters. The van der Waals surface area contributed by atoms with Crippen LogP contribution < -0.4 is 5.32 Å². The lowest BCUT2D eigenvalue weighted by Crippen LogP contribution is -2.39. The van der Waals surface area contributed by atoms with Crippen LogP contribution >= 0.6 is 0 Å². The Hall–Kier alpha value is -1.42. The Labute approximate surface area is 107 Å². The van der Waals surface area contributed by atoms with E-state index in [-0.39, 0.29) is 18.6 Å². The lowest BCUT2D eigenvalue weighted by atomic mass is 9.86. The van der Waals surface area contributed by atoms with Crippen LogP contribution in [0.4, 0.5) is 0 Å². The summed E-state index contributed by atoms with van der Waals surface area (Å²) >= 11 is 0. The monoisotopic (exact) mass is 248 g/mol. The number of aliphatic hydroxyl groups excluding tert-OH is 1. The number of rotatable bonds is 3. The van der Waals surface area contributed by atoms with E-state index in [4.69, 9.17) is 0 Å². The number of nitrogens with zero attached hydrogens (tertiary/aromatic N) is 1. The van der Waals surface area contributed by atoms with E-state index in [2.05, 4.69) is 10.3 Å². The summed E-state index contributed by atoms with van der Waals surface area (Å²) in [6, 6.07) is 3.89. The van der Waals surface area contributed by atoms with Crippen LogP contribution in [0.3, 0.4) is 0 Å². The lowest BCUT2D eigenvalue weighted by molar-refractivity contribution is 0.0900. The van der Waals surface area contributed by atoms with Crippen LogP contribution in [0.15, 0.2) is 18.3 Å². The highest BCUT2D eigenvalue weighted by Crippen LogP contribution is 2.24. The number of hydrogen-bond acceptors (Lipinski definition) is 3. The summed E-state index contributed by atoms with van der Waals surface area (Å²) in [5.41, 5.74) is 1.40. The minimum Gasteiger partial charge on any atom is -0.396 e. The number of aliphatic hydroxyl groups is 1. The molecule has 18 heavy (non-hydrogen) atoms. The molecule has 1 amide bonds. The standard InChI is InChI=1S/C14H20N2O2/c1-10-4-3-7-15-13(10)14(18)16-12-6-2-5-11(8-12)9-17/h3-4,7,11-12,17H,2,5-6,8-9H2,1H3,(H,16,18). The first-order valence-corrected chi connectivity index (χ1v) is 6.54. The van der Waals surface area contributed by atoms with Gasteiger partial charge in [0.05, 0.1) is 0 Å². The topological polar surface area (TPSA) is 62.2 Å². The number of aryl methyl sites for hydroxylation is 1. The van der Waals surface area contributed by atoms with E-state index >= 15 is 0 Å². The van der Waals surface area contributed by atoms with Gasteiger partial charge in [-0.2, -0.15) is 0 Å². The smallest absolute Gasteiger partial charge is 0.270 e. The minimum absolute atomic E-state index is 0.100. The molecular weight excluding hydrogens is 228 g/mol. The summed E-state index contributed by atoms with van der Waals surface area (Å²) in [5.74, 6) is 0.227. The van der Waals surface area contributed by atoms with Crippen LogP contribution in [0.25, 0.3) is 0 Å². The third kappa shape index (κ3) is 3.07. The molecule has 4 nitrogen and oxygen atoms in total. The van der Waals surface area contributed by atoms with Gasteiger partial charge in [-0.3, -0.25) is 9.78 Å². The van der Waals surface area contributed by atoms with E-state index in [1.165, 1.54) is 0 Å². The Morgan fingerprint density at radius 3 is 3.11 bits per heavy atom. The molecule has 4 heteroatoms. The van der Waals surface area contributed by atoms with Gasteiger partial charge in [-0.15, -0.1) is 0 Å². The van der Waals surface area contributed by atoms with Crippen LogP contribution in [0.5, 0.6) is 0 Å². The van der Waals surface area contributed by atoms with Crippen molar-refractivity contribution in [2.45, 2.75) is 38.6 Å². The van der Waals surface area contributed by atoms with Gasteiger partial charge in [0.1, 0.15) is 5.69 Å². The molecule has 1 aromatic rings. The first-order valence-electron chi connectivity index (χ1n) is 6.54. The van der Waals surface area contributed by atoms with Gasteiger partial charge in [-0.25, -0.2) is 0 Å². The van der Waals surface area contributed by atoms with E-state index < -0.39 is 0 Å². The molecule has 2 atom stereocenters. The molecule has 0 saturated heterocycles. The quantitative estimate of drug-likeness (QED) is 0.855. The van der Waals surface area contributed by atoms with Crippen LogP contribution in [0.1, 0.15) is 41.7 Å². The zero-order valence-corrected chi connectivity index (χ0v) is 10.7. The predicted molar refractivity (Wildman–Crippen MR) is 69.3 cm³/mol. The van der Waals surface area contributed by atoms with Crippen molar-refractivity contribution in [1.82, 2.24) is 10.3 Å². The zero-order valence-electron chi connectivity index (χ0n) is 10.7. The minimum atomic E-state index is -0.100. The Balaban J connectivity index is 1.97. The zero-order chi connectivity index (χ0) is 13.0. The number of aromatic nitrogens is 1. The molecule has 2 rings (SSSR count). The molecule has 0 aromatic carbocycles. The maximum atomic E-state index is 12.1. The summed E-state index contributed by atoms with van der Waals surface area (Å²) < 4.78 is 0.